The Morgan fingerprint density at radius 2 is 2.05 bits per heavy atom. The van der Waals surface area contributed by atoms with Gasteiger partial charge in [-0.3, -0.25) is 4.90 Å². The Labute approximate surface area is 121 Å². The molecule has 0 spiro atoms. The van der Waals surface area contributed by atoms with Crippen molar-refractivity contribution in [3.05, 3.63) is 29.6 Å². The molecule has 0 radical (unpaired) electrons. The molecular weight excluding hydrogens is 253 g/mol. The van der Waals surface area contributed by atoms with E-state index in [1.165, 1.54) is 0 Å². The standard InChI is InChI=1S/C16H26FN3/c1-12(18)9-13-5-6-15(14(17)10-13)20-8-7-19(4)16(2,3)11-20/h5-6,10,12H,7-9,11,18H2,1-4H3. The van der Waals surface area contributed by atoms with E-state index >= 15 is 0 Å². The van der Waals surface area contributed by atoms with Crippen LogP contribution in [-0.4, -0.2) is 43.2 Å². The number of halogens is 1. The molecule has 2 rings (SSSR count). The van der Waals surface area contributed by atoms with Gasteiger partial charge in [0.25, 0.3) is 0 Å². The summed E-state index contributed by atoms with van der Waals surface area (Å²) in [7, 11) is 2.12. The summed E-state index contributed by atoms with van der Waals surface area (Å²) in [5.74, 6) is -0.136. The van der Waals surface area contributed by atoms with Crippen LogP contribution < -0.4 is 10.6 Å². The SMILES string of the molecule is CC(N)Cc1ccc(N2CCN(C)C(C)(C)C2)c(F)c1. The molecule has 4 heteroatoms. The fourth-order valence-corrected chi connectivity index (χ4v) is 2.75. The molecule has 3 nitrogen and oxygen atoms in total. The number of benzene rings is 1. The number of nitrogens with two attached hydrogens (primary N) is 1. The van der Waals surface area contributed by atoms with Gasteiger partial charge in [0.15, 0.2) is 0 Å². The molecule has 1 aliphatic rings. The minimum atomic E-state index is -0.136. The van der Waals surface area contributed by atoms with Gasteiger partial charge in [-0.15, -0.1) is 0 Å². The van der Waals surface area contributed by atoms with Crippen LogP contribution in [0.4, 0.5) is 10.1 Å². The Hall–Kier alpha value is -1.13. The summed E-state index contributed by atoms with van der Waals surface area (Å²) in [4.78, 5) is 4.47. The molecule has 2 N–H and O–H groups in total. The highest BCUT2D eigenvalue weighted by Crippen LogP contribution is 2.27. The molecular formula is C16H26FN3. The third kappa shape index (κ3) is 3.30. The number of anilines is 1. The average molecular weight is 279 g/mol. The summed E-state index contributed by atoms with van der Waals surface area (Å²) in [5.41, 5.74) is 7.51. The van der Waals surface area contributed by atoms with Gasteiger partial charge in [-0.2, -0.15) is 0 Å². The maximum atomic E-state index is 14.3. The fourth-order valence-electron chi connectivity index (χ4n) is 2.75. The van der Waals surface area contributed by atoms with Gasteiger partial charge in [0, 0.05) is 31.2 Å². The first-order valence-corrected chi connectivity index (χ1v) is 7.30. The van der Waals surface area contributed by atoms with Crippen molar-refractivity contribution < 1.29 is 4.39 Å². The molecule has 1 atom stereocenters. The van der Waals surface area contributed by atoms with E-state index < -0.39 is 0 Å². The number of rotatable bonds is 3. The molecule has 0 aromatic heterocycles. The monoisotopic (exact) mass is 279 g/mol. The van der Waals surface area contributed by atoms with Gasteiger partial charge < -0.3 is 10.6 Å². The molecule has 0 saturated carbocycles. The second-order valence-corrected chi connectivity index (χ2v) is 6.62. The maximum absolute atomic E-state index is 14.3. The van der Waals surface area contributed by atoms with Crippen LogP contribution in [0.2, 0.25) is 0 Å². The quantitative estimate of drug-likeness (QED) is 0.921. The third-order valence-electron chi connectivity index (χ3n) is 4.23. The van der Waals surface area contributed by atoms with Crippen LogP contribution in [0.5, 0.6) is 0 Å². The van der Waals surface area contributed by atoms with Crippen molar-refractivity contribution >= 4 is 5.69 Å². The fraction of sp³-hybridized carbons (Fsp3) is 0.625. The molecule has 0 bridgehead atoms. The van der Waals surface area contributed by atoms with E-state index in [1.807, 2.05) is 19.1 Å². The zero-order chi connectivity index (χ0) is 14.9. The topological polar surface area (TPSA) is 32.5 Å². The van der Waals surface area contributed by atoms with Crippen molar-refractivity contribution in [3.63, 3.8) is 0 Å². The van der Waals surface area contributed by atoms with Gasteiger partial charge in [-0.1, -0.05) is 6.07 Å². The molecule has 1 saturated heterocycles. The number of hydrogen-bond acceptors (Lipinski definition) is 3. The molecule has 1 aromatic rings. The number of hydrogen-bond donors (Lipinski definition) is 1. The first-order chi connectivity index (χ1) is 9.29. The van der Waals surface area contributed by atoms with Crippen molar-refractivity contribution in [1.82, 2.24) is 4.90 Å². The molecule has 0 aliphatic carbocycles. The second kappa shape index (κ2) is 5.70. The van der Waals surface area contributed by atoms with Gasteiger partial charge in [0.2, 0.25) is 0 Å². The van der Waals surface area contributed by atoms with E-state index in [9.17, 15) is 4.39 Å². The predicted molar refractivity (Wildman–Crippen MR) is 82.7 cm³/mol. The Morgan fingerprint density at radius 1 is 1.35 bits per heavy atom. The Kier molecular flexibility index (Phi) is 4.35. The van der Waals surface area contributed by atoms with Crippen LogP contribution >= 0.6 is 0 Å². The van der Waals surface area contributed by atoms with Crippen LogP contribution in [0, 0.1) is 5.82 Å². The van der Waals surface area contributed by atoms with E-state index in [1.54, 1.807) is 6.07 Å². The smallest absolute Gasteiger partial charge is 0.146 e. The third-order valence-corrected chi connectivity index (χ3v) is 4.23. The minimum absolute atomic E-state index is 0.0582. The summed E-state index contributed by atoms with van der Waals surface area (Å²) in [6.45, 7) is 8.99. The zero-order valence-corrected chi connectivity index (χ0v) is 13.0. The van der Waals surface area contributed by atoms with Crippen LogP contribution in [0.25, 0.3) is 0 Å². The lowest BCUT2D eigenvalue weighted by Crippen LogP contribution is -2.57. The van der Waals surface area contributed by atoms with Crippen LogP contribution in [0.15, 0.2) is 18.2 Å². The summed E-state index contributed by atoms with van der Waals surface area (Å²) in [6, 6.07) is 5.58. The Bertz CT molecular complexity index is 471. The average Bonchev–Trinajstić information content (AvgIpc) is 2.32. The highest BCUT2D eigenvalue weighted by Gasteiger charge is 2.31. The molecule has 1 heterocycles. The number of piperazine rings is 1. The van der Waals surface area contributed by atoms with Crippen molar-refractivity contribution in [2.45, 2.75) is 38.8 Å². The van der Waals surface area contributed by atoms with Crippen molar-refractivity contribution in [1.29, 1.82) is 0 Å². The van der Waals surface area contributed by atoms with E-state index in [0.29, 0.717) is 12.1 Å². The molecule has 1 aromatic carbocycles. The summed E-state index contributed by atoms with van der Waals surface area (Å²) in [5, 5.41) is 0. The first-order valence-electron chi connectivity index (χ1n) is 7.30. The lowest BCUT2D eigenvalue weighted by molar-refractivity contribution is 0.138. The van der Waals surface area contributed by atoms with Gasteiger partial charge in [0.05, 0.1) is 5.69 Å². The van der Waals surface area contributed by atoms with Crippen LogP contribution in [0.3, 0.4) is 0 Å². The Morgan fingerprint density at radius 3 is 2.60 bits per heavy atom. The van der Waals surface area contributed by atoms with Crippen molar-refractivity contribution in [2.24, 2.45) is 5.73 Å². The van der Waals surface area contributed by atoms with E-state index in [2.05, 4.69) is 30.7 Å². The minimum Gasteiger partial charge on any atom is -0.366 e. The van der Waals surface area contributed by atoms with Crippen molar-refractivity contribution in [2.75, 3.05) is 31.6 Å². The number of likely N-dealkylation sites (N-methyl/N-ethyl adjacent to an activating group) is 1. The molecule has 20 heavy (non-hydrogen) atoms. The van der Waals surface area contributed by atoms with Gasteiger partial charge in [0.1, 0.15) is 5.82 Å². The van der Waals surface area contributed by atoms with Gasteiger partial charge in [-0.25, -0.2) is 4.39 Å². The molecule has 1 unspecified atom stereocenters. The van der Waals surface area contributed by atoms with Crippen molar-refractivity contribution in [3.8, 4) is 0 Å². The second-order valence-electron chi connectivity index (χ2n) is 6.62. The normalized spacial score (nSPS) is 21.0. The first kappa shape index (κ1) is 15.3. The Balaban J connectivity index is 2.17. The predicted octanol–water partition coefficient (Wildman–Crippen LogP) is 2.25. The zero-order valence-electron chi connectivity index (χ0n) is 13.0. The van der Waals surface area contributed by atoms with E-state index in [-0.39, 0.29) is 17.4 Å². The summed E-state index contributed by atoms with van der Waals surface area (Å²) >= 11 is 0. The highest BCUT2D eigenvalue weighted by molar-refractivity contribution is 5.50. The molecule has 1 fully saturated rings. The summed E-state index contributed by atoms with van der Waals surface area (Å²) < 4.78 is 14.3. The van der Waals surface area contributed by atoms with Gasteiger partial charge >= 0.3 is 0 Å². The van der Waals surface area contributed by atoms with E-state index in [0.717, 1.165) is 25.2 Å². The van der Waals surface area contributed by atoms with Gasteiger partial charge in [-0.05, 0) is 51.9 Å². The molecule has 112 valence electrons. The maximum Gasteiger partial charge on any atom is 0.146 e. The van der Waals surface area contributed by atoms with Crippen LogP contribution in [-0.2, 0) is 6.42 Å². The molecule has 1 aliphatic heterocycles. The van der Waals surface area contributed by atoms with Crippen LogP contribution in [0.1, 0.15) is 26.3 Å². The number of nitrogens with zero attached hydrogens (tertiary/aromatic N) is 2. The largest absolute Gasteiger partial charge is 0.366 e. The lowest BCUT2D eigenvalue weighted by atomic mass is 9.98. The van der Waals surface area contributed by atoms with E-state index in [4.69, 9.17) is 5.73 Å². The lowest BCUT2D eigenvalue weighted by Gasteiger charge is -2.46. The molecule has 0 amide bonds. The highest BCUT2D eigenvalue weighted by atomic mass is 19.1. The summed E-state index contributed by atoms with van der Waals surface area (Å²) in [6.07, 6.45) is 0.714.